The number of rotatable bonds is 18. The Labute approximate surface area is 218 Å². The van der Waals surface area contributed by atoms with Gasteiger partial charge in [-0.3, -0.25) is 24.0 Å². The summed E-state index contributed by atoms with van der Waals surface area (Å²) in [6, 6.07) is -3.77. The highest BCUT2D eigenvalue weighted by Crippen LogP contribution is 2.10. The summed E-state index contributed by atoms with van der Waals surface area (Å²) in [7, 11) is 0. The van der Waals surface area contributed by atoms with E-state index in [2.05, 4.69) is 33.9 Å². The molecule has 208 valence electrons. The number of hydrogen-bond acceptors (Lipinski definition) is 8. The van der Waals surface area contributed by atoms with E-state index < -0.39 is 60.3 Å². The van der Waals surface area contributed by atoms with E-state index in [1.54, 1.807) is 0 Å². The van der Waals surface area contributed by atoms with Gasteiger partial charge in [0.1, 0.15) is 24.7 Å². The van der Waals surface area contributed by atoms with Crippen LogP contribution in [0.25, 0.3) is 0 Å². The molecule has 0 aromatic carbocycles. The van der Waals surface area contributed by atoms with Crippen molar-refractivity contribution in [1.82, 2.24) is 21.3 Å². The molecule has 36 heavy (non-hydrogen) atoms. The van der Waals surface area contributed by atoms with Crippen LogP contribution in [0, 0.1) is 11.8 Å². The maximum atomic E-state index is 13.1. The van der Waals surface area contributed by atoms with Gasteiger partial charge in [-0.15, -0.1) is 0 Å². The largest absolute Gasteiger partial charge is 0.480 e. The average molecular weight is 533 g/mol. The Balaban J connectivity index is 5.42. The molecule has 0 fully saturated rings. The average Bonchev–Trinajstić information content (AvgIpc) is 2.79. The molecule has 13 heteroatoms. The molecule has 0 saturated heterocycles. The van der Waals surface area contributed by atoms with Gasteiger partial charge in [-0.1, -0.05) is 34.1 Å². The van der Waals surface area contributed by atoms with Crippen LogP contribution in [0.2, 0.25) is 0 Å². The molecule has 12 nitrogen and oxygen atoms in total. The zero-order valence-corrected chi connectivity index (χ0v) is 22.6. The van der Waals surface area contributed by atoms with Crippen LogP contribution >= 0.6 is 12.6 Å². The topological polar surface area (TPSA) is 206 Å². The minimum atomic E-state index is -1.23. The lowest BCUT2D eigenvalue weighted by Crippen LogP contribution is -2.58. The lowest BCUT2D eigenvalue weighted by molar-refractivity contribution is -0.138. The second-order valence-electron chi connectivity index (χ2n) is 9.63. The minimum absolute atomic E-state index is 0.0189. The minimum Gasteiger partial charge on any atom is -0.480 e. The first-order chi connectivity index (χ1) is 16.8. The summed E-state index contributed by atoms with van der Waals surface area (Å²) in [5, 5.41) is 18.8. The van der Waals surface area contributed by atoms with E-state index in [1.165, 1.54) is 0 Å². The summed E-state index contributed by atoms with van der Waals surface area (Å²) in [5.74, 6) is -3.53. The summed E-state index contributed by atoms with van der Waals surface area (Å²) in [6.07, 6.45) is 2.47. The third-order valence-corrected chi connectivity index (χ3v) is 5.58. The normalized spacial score (nSPS) is 14.5. The summed E-state index contributed by atoms with van der Waals surface area (Å²) in [4.78, 5) is 61.6. The maximum absolute atomic E-state index is 13.1. The highest BCUT2D eigenvalue weighted by molar-refractivity contribution is 7.80. The lowest BCUT2D eigenvalue weighted by Gasteiger charge is -2.27. The molecule has 0 aliphatic heterocycles. The number of unbranched alkanes of at least 4 members (excludes halogenated alkanes) is 1. The van der Waals surface area contributed by atoms with Gasteiger partial charge in [0.05, 0.1) is 6.04 Å². The predicted molar refractivity (Wildman–Crippen MR) is 140 cm³/mol. The van der Waals surface area contributed by atoms with Crippen molar-refractivity contribution >= 4 is 42.2 Å². The van der Waals surface area contributed by atoms with Crippen molar-refractivity contribution in [2.45, 2.75) is 84.0 Å². The van der Waals surface area contributed by atoms with Gasteiger partial charge in [0.2, 0.25) is 23.6 Å². The van der Waals surface area contributed by atoms with E-state index in [1.807, 2.05) is 27.7 Å². The van der Waals surface area contributed by atoms with Gasteiger partial charge in [-0.25, -0.2) is 0 Å². The van der Waals surface area contributed by atoms with Gasteiger partial charge in [-0.05, 0) is 44.1 Å². The predicted octanol–water partition coefficient (Wildman–Crippen LogP) is -0.880. The van der Waals surface area contributed by atoms with E-state index in [4.69, 9.17) is 16.6 Å². The van der Waals surface area contributed by atoms with Crippen molar-refractivity contribution in [2.24, 2.45) is 23.3 Å². The Morgan fingerprint density at radius 3 is 1.67 bits per heavy atom. The van der Waals surface area contributed by atoms with Crippen LogP contribution in [0.5, 0.6) is 0 Å². The fourth-order valence-electron chi connectivity index (χ4n) is 3.35. The number of thiol groups is 1. The number of carbonyl (C=O) groups excluding carboxylic acids is 4. The SMILES string of the molecule is CC(C)C[C@H](NC(=O)[C@H](CC(C)C)NC(=O)[C@@H](N)CCCCN)C(=O)N[C@@H](CS)C(=O)NCC(=O)O. The molecule has 0 saturated carbocycles. The molecule has 0 heterocycles. The molecule has 0 spiro atoms. The van der Waals surface area contributed by atoms with Gasteiger partial charge >= 0.3 is 5.97 Å². The lowest BCUT2D eigenvalue weighted by atomic mass is 9.99. The Bertz CT molecular complexity index is 736. The first-order valence-electron chi connectivity index (χ1n) is 12.3. The smallest absolute Gasteiger partial charge is 0.322 e. The summed E-state index contributed by atoms with van der Waals surface area (Å²) >= 11 is 4.06. The molecule has 0 aromatic rings. The Morgan fingerprint density at radius 2 is 1.25 bits per heavy atom. The van der Waals surface area contributed by atoms with Crippen LogP contribution in [0.1, 0.15) is 59.8 Å². The number of nitrogens with one attached hydrogen (secondary N) is 4. The number of nitrogens with two attached hydrogens (primary N) is 2. The number of carboxylic acid groups (broad SMARTS) is 1. The Kier molecular flexibility index (Phi) is 16.8. The van der Waals surface area contributed by atoms with Crippen molar-refractivity contribution in [3.05, 3.63) is 0 Å². The van der Waals surface area contributed by atoms with Crippen LogP contribution in [-0.2, 0) is 24.0 Å². The van der Waals surface area contributed by atoms with Crippen molar-refractivity contribution in [3.8, 4) is 0 Å². The van der Waals surface area contributed by atoms with Crippen LogP contribution in [-0.4, -0.2) is 77.7 Å². The summed E-state index contributed by atoms with van der Waals surface area (Å²) in [6.45, 7) is 7.45. The zero-order chi connectivity index (χ0) is 27.8. The Morgan fingerprint density at radius 1 is 0.778 bits per heavy atom. The molecule has 9 N–H and O–H groups in total. The summed E-state index contributed by atoms with van der Waals surface area (Å²) in [5.41, 5.74) is 11.4. The third kappa shape index (κ3) is 14.2. The van der Waals surface area contributed by atoms with Gasteiger partial charge in [-0.2, -0.15) is 12.6 Å². The van der Waals surface area contributed by atoms with Crippen molar-refractivity contribution in [3.63, 3.8) is 0 Å². The molecule has 4 atom stereocenters. The molecule has 0 radical (unpaired) electrons. The van der Waals surface area contributed by atoms with Crippen LogP contribution in [0.3, 0.4) is 0 Å². The van der Waals surface area contributed by atoms with E-state index in [0.29, 0.717) is 25.8 Å². The fraction of sp³-hybridized carbons (Fsp3) is 0.783. The molecule has 0 rings (SSSR count). The third-order valence-electron chi connectivity index (χ3n) is 5.22. The number of carbonyl (C=O) groups is 5. The van der Waals surface area contributed by atoms with E-state index in [-0.39, 0.29) is 24.0 Å². The standard InChI is InChI=1S/C23H44N6O6S/c1-13(2)9-16(27-20(32)15(25)7-5-6-8-24)22(34)28-17(10-14(3)4)23(35)29-18(12-36)21(33)26-11-19(30)31/h13-18,36H,5-12,24-25H2,1-4H3,(H,26,33)(H,27,32)(H,28,34)(H,29,35)(H,30,31)/t15-,16-,17-,18-/m0/s1. The van der Waals surface area contributed by atoms with E-state index in [9.17, 15) is 24.0 Å². The van der Waals surface area contributed by atoms with Crippen molar-refractivity contribution < 1.29 is 29.1 Å². The van der Waals surface area contributed by atoms with Crippen LogP contribution < -0.4 is 32.7 Å². The van der Waals surface area contributed by atoms with Crippen LogP contribution in [0.4, 0.5) is 0 Å². The molecule has 4 amide bonds. The molecule has 0 unspecified atom stereocenters. The van der Waals surface area contributed by atoms with Crippen molar-refractivity contribution in [2.75, 3.05) is 18.8 Å². The summed E-state index contributed by atoms with van der Waals surface area (Å²) < 4.78 is 0. The molecule has 0 bridgehead atoms. The zero-order valence-electron chi connectivity index (χ0n) is 21.7. The monoisotopic (exact) mass is 532 g/mol. The molecular formula is C23H44N6O6S. The molecule has 0 aliphatic rings. The number of aliphatic carboxylic acids is 1. The van der Waals surface area contributed by atoms with Gasteiger partial charge in [0, 0.05) is 5.75 Å². The van der Waals surface area contributed by atoms with Crippen LogP contribution in [0.15, 0.2) is 0 Å². The van der Waals surface area contributed by atoms with E-state index in [0.717, 1.165) is 6.42 Å². The molecule has 0 aliphatic carbocycles. The maximum Gasteiger partial charge on any atom is 0.322 e. The number of amides is 4. The van der Waals surface area contributed by atoms with E-state index >= 15 is 0 Å². The Hall–Kier alpha value is -2.38. The van der Waals surface area contributed by atoms with Gasteiger partial charge in [0.25, 0.3) is 0 Å². The van der Waals surface area contributed by atoms with Gasteiger partial charge < -0.3 is 37.8 Å². The quantitative estimate of drug-likeness (QED) is 0.0819. The number of carboxylic acids is 1. The molecular weight excluding hydrogens is 488 g/mol. The highest BCUT2D eigenvalue weighted by Gasteiger charge is 2.31. The first kappa shape index (κ1) is 33.6. The first-order valence-corrected chi connectivity index (χ1v) is 12.9. The molecule has 0 aromatic heterocycles. The van der Waals surface area contributed by atoms with Gasteiger partial charge in [0.15, 0.2) is 0 Å². The van der Waals surface area contributed by atoms with Crippen molar-refractivity contribution in [1.29, 1.82) is 0 Å². The fourth-order valence-corrected chi connectivity index (χ4v) is 3.61. The second kappa shape index (κ2) is 18.0. The second-order valence-corrected chi connectivity index (χ2v) is 9.99. The highest BCUT2D eigenvalue weighted by atomic mass is 32.1. The number of hydrogen-bond donors (Lipinski definition) is 8.